The Morgan fingerprint density at radius 1 is 1.26 bits per heavy atom. The van der Waals surface area contributed by atoms with Gasteiger partial charge in [0.2, 0.25) is 11.7 Å². The third-order valence-electron chi connectivity index (χ3n) is 6.42. The fraction of sp³-hybridized carbons (Fsp3) is 0.417. The molecule has 4 heterocycles. The van der Waals surface area contributed by atoms with Crippen LogP contribution in [-0.4, -0.2) is 64.5 Å². The fourth-order valence-electron chi connectivity index (χ4n) is 4.56. The van der Waals surface area contributed by atoms with Crippen molar-refractivity contribution in [2.45, 2.75) is 26.8 Å². The van der Waals surface area contributed by atoms with Crippen molar-refractivity contribution < 1.29 is 9.53 Å². The van der Waals surface area contributed by atoms with Crippen LogP contribution < -0.4 is 21.1 Å². The van der Waals surface area contributed by atoms with E-state index in [1.807, 2.05) is 19.9 Å². The zero-order valence-electron chi connectivity index (χ0n) is 19.8. The number of carbonyl (C=O) groups excluding carboxylic acids is 1. The second kappa shape index (κ2) is 9.80. The molecule has 0 aliphatic carbocycles. The second-order valence-electron chi connectivity index (χ2n) is 8.77. The van der Waals surface area contributed by atoms with Gasteiger partial charge in [-0.1, -0.05) is 17.7 Å². The molecule has 184 valence electrons. The average molecular weight is 498 g/mol. The zero-order valence-corrected chi connectivity index (χ0v) is 20.6. The van der Waals surface area contributed by atoms with Gasteiger partial charge in [-0.3, -0.25) is 9.59 Å². The normalized spacial score (nSPS) is 16.4. The largest absolute Gasteiger partial charge is 0.377 e. The number of hydrogen-bond donors (Lipinski definition) is 2. The molecule has 0 radical (unpaired) electrons. The monoisotopic (exact) mass is 497 g/mol. The summed E-state index contributed by atoms with van der Waals surface area (Å²) in [6.45, 7) is 7.76. The first-order valence-corrected chi connectivity index (χ1v) is 12.1. The van der Waals surface area contributed by atoms with E-state index in [1.54, 1.807) is 22.8 Å². The summed E-state index contributed by atoms with van der Waals surface area (Å²) < 4.78 is 8.51. The Labute approximate surface area is 207 Å². The Bertz CT molecular complexity index is 1370. The van der Waals surface area contributed by atoms with Gasteiger partial charge in [0.25, 0.3) is 5.56 Å². The molecular formula is C24H28ClN7O3. The molecule has 2 N–H and O–H groups in total. The van der Waals surface area contributed by atoms with Gasteiger partial charge in [-0.15, -0.1) is 5.10 Å². The van der Waals surface area contributed by atoms with Crippen LogP contribution in [-0.2, 0) is 16.1 Å². The molecule has 1 amide bonds. The van der Waals surface area contributed by atoms with E-state index in [0.29, 0.717) is 66.4 Å². The summed E-state index contributed by atoms with van der Waals surface area (Å²) >= 11 is 6.06. The van der Waals surface area contributed by atoms with Crippen LogP contribution >= 0.6 is 11.6 Å². The van der Waals surface area contributed by atoms with E-state index >= 15 is 0 Å². The van der Waals surface area contributed by atoms with E-state index in [-0.39, 0.29) is 18.0 Å². The number of ether oxygens (including phenoxy) is 1. The standard InChI is InChI=1S/C24H28ClN7O3/c1-15-13-18(25)3-4-19(15)27-20(33)14-31-16(2)21(30-9-7-26-8-10-30)23(34)32-24(31)28-22(29-32)17-5-11-35-12-6-17/h3-5,13,26H,6-12,14H2,1-2H3,(H,27,33). The van der Waals surface area contributed by atoms with E-state index in [2.05, 4.69) is 20.6 Å². The van der Waals surface area contributed by atoms with Gasteiger partial charge < -0.3 is 24.8 Å². The first-order chi connectivity index (χ1) is 16.9. The SMILES string of the molecule is Cc1cc(Cl)ccc1NC(=O)Cn1c(C)c(N2CCNCC2)c(=O)n2nc(C3=CCOCC3)nc12. The number of nitrogens with one attached hydrogen (secondary N) is 2. The van der Waals surface area contributed by atoms with Gasteiger partial charge in [0, 0.05) is 42.6 Å². The van der Waals surface area contributed by atoms with Crippen molar-refractivity contribution in [1.29, 1.82) is 0 Å². The first-order valence-electron chi connectivity index (χ1n) is 11.7. The summed E-state index contributed by atoms with van der Waals surface area (Å²) in [5.74, 6) is 0.604. The molecule has 2 aromatic heterocycles. The summed E-state index contributed by atoms with van der Waals surface area (Å²) in [5, 5.41) is 11.4. The Kier molecular flexibility index (Phi) is 6.59. The van der Waals surface area contributed by atoms with E-state index in [0.717, 1.165) is 24.2 Å². The number of rotatable bonds is 5. The lowest BCUT2D eigenvalue weighted by molar-refractivity contribution is -0.116. The summed E-state index contributed by atoms with van der Waals surface area (Å²) in [7, 11) is 0. The van der Waals surface area contributed by atoms with Crippen molar-refractivity contribution in [3.8, 4) is 0 Å². The first kappa shape index (κ1) is 23.5. The van der Waals surface area contributed by atoms with Crippen molar-refractivity contribution in [2.24, 2.45) is 0 Å². The number of fused-ring (bicyclic) bond motifs is 1. The highest BCUT2D eigenvalue weighted by molar-refractivity contribution is 6.30. The Balaban J connectivity index is 1.58. The fourth-order valence-corrected chi connectivity index (χ4v) is 4.78. The minimum Gasteiger partial charge on any atom is -0.377 e. The van der Waals surface area contributed by atoms with Gasteiger partial charge in [0.15, 0.2) is 5.82 Å². The van der Waals surface area contributed by atoms with Crippen LogP contribution in [0.2, 0.25) is 5.02 Å². The predicted octanol–water partition coefficient (Wildman–Crippen LogP) is 2.01. The molecule has 35 heavy (non-hydrogen) atoms. The smallest absolute Gasteiger partial charge is 0.299 e. The number of aryl methyl sites for hydroxylation is 1. The molecule has 0 bridgehead atoms. The van der Waals surface area contributed by atoms with Gasteiger partial charge in [-0.05, 0) is 49.6 Å². The van der Waals surface area contributed by atoms with E-state index in [1.165, 1.54) is 4.52 Å². The molecule has 1 aromatic carbocycles. The lowest BCUT2D eigenvalue weighted by atomic mass is 10.1. The molecular weight excluding hydrogens is 470 g/mol. The second-order valence-corrected chi connectivity index (χ2v) is 9.21. The molecule has 2 aliphatic rings. The number of carbonyl (C=O) groups is 1. The number of benzene rings is 1. The molecule has 0 saturated carbocycles. The van der Waals surface area contributed by atoms with Crippen molar-refractivity contribution in [3.05, 3.63) is 56.7 Å². The van der Waals surface area contributed by atoms with Crippen molar-refractivity contribution in [1.82, 2.24) is 24.5 Å². The van der Waals surface area contributed by atoms with Gasteiger partial charge >= 0.3 is 0 Å². The topological polar surface area (TPSA) is 106 Å². The number of anilines is 2. The summed E-state index contributed by atoms with van der Waals surface area (Å²) in [6.07, 6.45) is 2.61. The summed E-state index contributed by atoms with van der Waals surface area (Å²) in [6, 6.07) is 5.32. The van der Waals surface area contributed by atoms with Gasteiger partial charge in [0.1, 0.15) is 12.2 Å². The highest BCUT2D eigenvalue weighted by Gasteiger charge is 2.25. The molecule has 10 nitrogen and oxygen atoms in total. The predicted molar refractivity (Wildman–Crippen MR) is 135 cm³/mol. The zero-order chi connectivity index (χ0) is 24.5. The van der Waals surface area contributed by atoms with Crippen molar-refractivity contribution in [2.75, 3.05) is 49.6 Å². The molecule has 0 unspecified atom stereocenters. The average Bonchev–Trinajstić information content (AvgIpc) is 3.31. The molecule has 5 rings (SSSR count). The molecule has 11 heteroatoms. The third-order valence-corrected chi connectivity index (χ3v) is 6.66. The Hall–Kier alpha value is -3.21. The van der Waals surface area contributed by atoms with Crippen LogP contribution in [0.5, 0.6) is 0 Å². The summed E-state index contributed by atoms with van der Waals surface area (Å²) in [5.41, 5.74) is 3.50. The Morgan fingerprint density at radius 3 is 2.77 bits per heavy atom. The Morgan fingerprint density at radius 2 is 2.06 bits per heavy atom. The van der Waals surface area contributed by atoms with Gasteiger partial charge in [-0.25, -0.2) is 0 Å². The van der Waals surface area contributed by atoms with E-state index in [9.17, 15) is 9.59 Å². The number of hydrogen-bond acceptors (Lipinski definition) is 7. The number of halogens is 1. The number of aromatic nitrogens is 4. The van der Waals surface area contributed by atoms with Crippen LogP contribution in [0.3, 0.4) is 0 Å². The maximum absolute atomic E-state index is 13.6. The number of amides is 1. The third kappa shape index (κ3) is 4.69. The summed E-state index contributed by atoms with van der Waals surface area (Å²) in [4.78, 5) is 33.5. The maximum atomic E-state index is 13.6. The molecule has 3 aromatic rings. The highest BCUT2D eigenvalue weighted by Crippen LogP contribution is 2.23. The van der Waals surface area contributed by atoms with Gasteiger partial charge in [0.05, 0.1) is 13.2 Å². The molecule has 0 atom stereocenters. The van der Waals surface area contributed by atoms with Crippen molar-refractivity contribution >= 4 is 40.2 Å². The number of piperazine rings is 1. The van der Waals surface area contributed by atoms with Crippen molar-refractivity contribution in [3.63, 3.8) is 0 Å². The van der Waals surface area contributed by atoms with Crippen LogP contribution in [0, 0.1) is 13.8 Å². The lowest BCUT2D eigenvalue weighted by Crippen LogP contribution is -2.46. The lowest BCUT2D eigenvalue weighted by Gasteiger charge is -2.30. The van der Waals surface area contributed by atoms with Crippen LogP contribution in [0.15, 0.2) is 29.1 Å². The van der Waals surface area contributed by atoms with Crippen LogP contribution in [0.25, 0.3) is 11.4 Å². The molecule has 0 spiro atoms. The minimum absolute atomic E-state index is 0.0168. The molecule has 1 fully saturated rings. The number of nitrogens with zero attached hydrogens (tertiary/aromatic N) is 5. The van der Waals surface area contributed by atoms with Crippen LogP contribution in [0.1, 0.15) is 23.5 Å². The molecule has 2 aliphatic heterocycles. The van der Waals surface area contributed by atoms with Gasteiger partial charge in [-0.2, -0.15) is 9.50 Å². The van der Waals surface area contributed by atoms with Crippen LogP contribution in [0.4, 0.5) is 11.4 Å². The minimum atomic E-state index is -0.231. The molecule has 1 saturated heterocycles. The van der Waals surface area contributed by atoms with E-state index in [4.69, 9.17) is 21.3 Å². The maximum Gasteiger partial charge on any atom is 0.299 e. The van der Waals surface area contributed by atoms with E-state index < -0.39 is 0 Å². The quantitative estimate of drug-likeness (QED) is 0.555. The highest BCUT2D eigenvalue weighted by atomic mass is 35.5.